The maximum atomic E-state index is 14.9. The maximum absolute atomic E-state index is 14.9. The molecule has 1 aromatic carbocycles. The minimum atomic E-state index is -3.16. The van der Waals surface area contributed by atoms with Crippen LogP contribution in [0.4, 0.5) is 4.79 Å². The Morgan fingerprint density at radius 3 is 2.53 bits per heavy atom. The molecule has 3 saturated heterocycles. The number of likely N-dealkylation sites (N-methyl/N-ethyl adjacent to an activating group) is 1. The Morgan fingerprint density at radius 1 is 1.12 bits per heavy atom. The number of likely N-dealkylation sites (tertiary alicyclic amines) is 1. The fourth-order valence-electron chi connectivity index (χ4n) is 10.5. The van der Waals surface area contributed by atoms with Gasteiger partial charge in [0.15, 0.2) is 0 Å². The van der Waals surface area contributed by atoms with E-state index in [1.165, 1.54) is 21.2 Å². The van der Waals surface area contributed by atoms with Crippen molar-refractivity contribution in [3.05, 3.63) is 58.2 Å². The molecule has 368 valence electrons. The van der Waals surface area contributed by atoms with E-state index in [1.807, 2.05) is 31.4 Å². The molecule has 4 aromatic rings. The van der Waals surface area contributed by atoms with Crippen molar-refractivity contribution < 1.29 is 37.1 Å². The lowest BCUT2D eigenvalue weighted by Crippen LogP contribution is -2.68. The number of cyclic esters (lactones) is 1. The predicted molar refractivity (Wildman–Crippen MR) is 269 cm³/mol. The molecule has 4 amide bonds. The number of aryl methyl sites for hydroxylation is 1. The number of sulfone groups is 1. The summed E-state index contributed by atoms with van der Waals surface area (Å²) in [5, 5.41) is 4.95. The first-order chi connectivity index (χ1) is 32.3. The molecule has 4 aliphatic rings. The van der Waals surface area contributed by atoms with Gasteiger partial charge in [0.05, 0.1) is 40.2 Å². The zero-order valence-corrected chi connectivity index (χ0v) is 43.4. The molecular weight excluding hydrogens is 945 g/mol. The van der Waals surface area contributed by atoms with E-state index in [-0.39, 0.29) is 49.1 Å². The molecule has 4 aliphatic heterocycles. The van der Waals surface area contributed by atoms with Gasteiger partial charge in [-0.3, -0.25) is 28.7 Å². The van der Waals surface area contributed by atoms with Crippen LogP contribution in [0.15, 0.2) is 41.9 Å². The third kappa shape index (κ3) is 9.65. The van der Waals surface area contributed by atoms with Crippen molar-refractivity contribution in [2.24, 2.45) is 11.3 Å². The summed E-state index contributed by atoms with van der Waals surface area (Å²) in [6.07, 6.45) is 4.32. The zero-order chi connectivity index (χ0) is 48.9. The minimum absolute atomic E-state index is 0.00581. The minimum Gasteiger partial charge on any atom is -0.464 e. The quantitative estimate of drug-likeness (QED) is 0.125. The molecule has 1 N–H and O–H groups in total. The van der Waals surface area contributed by atoms with Crippen LogP contribution in [0.2, 0.25) is 0 Å². The molecule has 16 nitrogen and oxygen atoms in total. The van der Waals surface area contributed by atoms with E-state index in [1.54, 1.807) is 25.3 Å². The number of hydrogen-bond acceptors (Lipinski definition) is 14. The molecule has 7 heterocycles. The molecule has 0 unspecified atom stereocenters. The van der Waals surface area contributed by atoms with Crippen LogP contribution in [0, 0.1) is 11.3 Å². The Labute approximate surface area is 414 Å². The van der Waals surface area contributed by atoms with E-state index < -0.39 is 56.7 Å². The van der Waals surface area contributed by atoms with Crippen LogP contribution in [-0.4, -0.2) is 141 Å². The normalized spacial score (nSPS) is 22.3. The average Bonchev–Trinajstić information content (AvgIpc) is 3.91. The first-order valence-corrected chi connectivity index (χ1v) is 27.3. The second-order valence-corrected chi connectivity index (χ2v) is 23.8. The number of ether oxygens (including phenoxy) is 2. The van der Waals surface area contributed by atoms with Gasteiger partial charge < -0.3 is 23.8 Å². The lowest BCUT2D eigenvalue weighted by molar-refractivity contribution is -0.156. The molecule has 0 radical (unpaired) electrons. The molecule has 0 aliphatic carbocycles. The summed E-state index contributed by atoms with van der Waals surface area (Å²) >= 11 is 10.8. The molecular formula is C48H64N8O8S4. The predicted octanol–water partition coefficient (Wildman–Crippen LogP) is 6.40. The molecule has 3 aromatic heterocycles. The number of hydrogen-bond donors (Lipinski definition) is 3. The van der Waals surface area contributed by atoms with Crippen molar-refractivity contribution in [2.75, 3.05) is 51.1 Å². The Kier molecular flexibility index (Phi) is 14.7. The summed E-state index contributed by atoms with van der Waals surface area (Å²) in [4.78, 5) is 71.0. The molecule has 68 heavy (non-hydrogen) atoms. The van der Waals surface area contributed by atoms with Gasteiger partial charge in [0.25, 0.3) is 11.8 Å². The molecule has 8 rings (SSSR count). The summed E-state index contributed by atoms with van der Waals surface area (Å²) in [6, 6.07) is 6.91. The number of methoxy groups -OCH3 is 1. The van der Waals surface area contributed by atoms with Gasteiger partial charge in [0.2, 0.25) is 0 Å². The molecule has 1 spiro atoms. The highest BCUT2D eigenvalue weighted by molar-refractivity contribution is 7.91. The van der Waals surface area contributed by atoms with E-state index in [0.717, 1.165) is 43.3 Å². The molecule has 20 heteroatoms. The van der Waals surface area contributed by atoms with Crippen LogP contribution in [0.3, 0.4) is 0 Å². The summed E-state index contributed by atoms with van der Waals surface area (Å²) < 4.78 is 40.1. The van der Waals surface area contributed by atoms with Gasteiger partial charge in [0.1, 0.15) is 34.1 Å². The Morgan fingerprint density at radius 2 is 1.87 bits per heavy atom. The van der Waals surface area contributed by atoms with Crippen LogP contribution in [0.1, 0.15) is 89.1 Å². The smallest absolute Gasteiger partial charge is 0.324 e. The standard InChI is InChI=1S/C48H64N8O8S4/c1-8-53-36-14-13-30-23-32(36)33(42(53)31-11-9-18-49-40(31)38(26-65)63-7)25-47(4,5)28-64-45(59)34-12-10-19-55(51-34)43(57)37(24-39-50-35(30)27-67-39)56(66)44(58)41(29(2)3)52(6)46(60)54-20-15-48(54)16-21-68(61,62)22-17-48/h9,11,13-14,18,23,27,29,34,37-38,41,51,65-66H,8,10,12,15-17,19-22,24-26,28H2,1-7H3/t34-,37-,38-,41-/m0/s1. The number of nitrogens with one attached hydrogen (secondary N) is 1. The van der Waals surface area contributed by atoms with Crippen LogP contribution in [0.5, 0.6) is 0 Å². The van der Waals surface area contributed by atoms with Crippen LogP contribution < -0.4 is 5.43 Å². The second-order valence-electron chi connectivity index (χ2n) is 19.8. The SMILES string of the molecule is CCn1c(-c2cccnc2[C@H](CS)OC)c2c3cc(ccc31)-c1csc(n1)C[C@H](N(S)C(=O)[C@H](C(C)C)N(C)C(=O)N1CCC13CCS(=O)(=O)CC3)C(=O)N1CCC[C@H](N1)C(=O)OCC(C)(C)C2. The average molecular weight is 1010 g/mol. The fourth-order valence-corrected chi connectivity index (χ4v) is 13.5. The summed E-state index contributed by atoms with van der Waals surface area (Å²) in [6.45, 7) is 11.4. The number of aromatic nitrogens is 3. The van der Waals surface area contributed by atoms with Crippen LogP contribution >= 0.6 is 36.8 Å². The number of thiol groups is 2. The lowest BCUT2D eigenvalue weighted by Gasteiger charge is -2.56. The maximum Gasteiger partial charge on any atom is 0.324 e. The van der Waals surface area contributed by atoms with Crippen molar-refractivity contribution in [1.82, 2.24) is 39.1 Å². The zero-order valence-electron chi connectivity index (χ0n) is 39.9. The Balaban J connectivity index is 1.17. The molecule has 6 bridgehead atoms. The largest absolute Gasteiger partial charge is 0.464 e. The molecule has 0 saturated carbocycles. The van der Waals surface area contributed by atoms with Crippen molar-refractivity contribution >= 4 is 81.3 Å². The number of carbonyl (C=O) groups excluding carboxylic acids is 4. The van der Waals surface area contributed by atoms with Crippen molar-refractivity contribution in [1.29, 1.82) is 0 Å². The van der Waals surface area contributed by atoms with Gasteiger partial charge >= 0.3 is 12.0 Å². The van der Waals surface area contributed by atoms with E-state index in [0.29, 0.717) is 68.1 Å². The third-order valence-electron chi connectivity index (χ3n) is 14.3. The highest BCUT2D eigenvalue weighted by Crippen LogP contribution is 2.44. The Hall–Kier alpha value is -4.21. The highest BCUT2D eigenvalue weighted by Gasteiger charge is 2.52. The number of thiazole rings is 1. The number of amides is 4. The number of urea groups is 1. The first kappa shape index (κ1) is 50.2. The summed E-state index contributed by atoms with van der Waals surface area (Å²) in [7, 11) is 0.0749. The van der Waals surface area contributed by atoms with Crippen LogP contribution in [-0.2, 0) is 53.1 Å². The number of hydrazine groups is 1. The second kappa shape index (κ2) is 19.9. The summed E-state index contributed by atoms with van der Waals surface area (Å²) in [5.41, 5.74) is 8.41. The van der Waals surface area contributed by atoms with E-state index >= 15 is 0 Å². The van der Waals surface area contributed by atoms with Gasteiger partial charge in [-0.2, -0.15) is 12.6 Å². The summed E-state index contributed by atoms with van der Waals surface area (Å²) in [5.74, 6) is -1.43. The van der Waals surface area contributed by atoms with Crippen molar-refractivity contribution in [2.45, 2.75) is 116 Å². The highest BCUT2D eigenvalue weighted by atomic mass is 32.2. The lowest BCUT2D eigenvalue weighted by atomic mass is 9.79. The number of carbonyl (C=O) groups is 4. The number of fused-ring (bicyclic) bond motifs is 6. The van der Waals surface area contributed by atoms with Crippen LogP contribution in [0.25, 0.3) is 33.4 Å². The third-order valence-corrected chi connectivity index (χ3v) is 17.6. The van der Waals surface area contributed by atoms with Gasteiger partial charge in [-0.05, 0) is 81.2 Å². The topological polar surface area (TPSA) is 177 Å². The van der Waals surface area contributed by atoms with Crippen molar-refractivity contribution in [3.63, 3.8) is 0 Å². The number of pyridine rings is 1. The van der Waals surface area contributed by atoms with E-state index in [2.05, 4.69) is 61.6 Å². The van der Waals surface area contributed by atoms with E-state index in [9.17, 15) is 27.6 Å². The number of rotatable bonds is 9. The van der Waals surface area contributed by atoms with E-state index in [4.69, 9.17) is 32.3 Å². The Bertz CT molecular complexity index is 2670. The monoisotopic (exact) mass is 1010 g/mol. The molecule has 4 atom stereocenters. The van der Waals surface area contributed by atoms with Gasteiger partial charge in [-0.1, -0.05) is 46.6 Å². The van der Waals surface area contributed by atoms with Gasteiger partial charge in [0, 0.05) is 90.5 Å². The number of esters is 1. The van der Waals surface area contributed by atoms with Gasteiger partial charge in [-0.15, -0.1) is 11.3 Å². The number of nitrogens with zero attached hydrogens (tertiary/aromatic N) is 7. The molecule has 3 fully saturated rings. The van der Waals surface area contributed by atoms with Gasteiger partial charge in [-0.25, -0.2) is 23.6 Å². The first-order valence-electron chi connectivity index (χ1n) is 23.5. The fraction of sp³-hybridized carbons (Fsp3) is 0.583. The number of benzene rings is 1. The van der Waals surface area contributed by atoms with Crippen molar-refractivity contribution in [3.8, 4) is 22.5 Å².